The van der Waals surface area contributed by atoms with E-state index in [0.717, 1.165) is 55.2 Å². The Morgan fingerprint density at radius 1 is 1.06 bits per heavy atom. The molecule has 1 aromatic carbocycles. The Labute approximate surface area is 202 Å². The van der Waals surface area contributed by atoms with Gasteiger partial charge in [-0.15, -0.1) is 0 Å². The summed E-state index contributed by atoms with van der Waals surface area (Å²) in [5.74, 6) is 3.05. The third-order valence-corrected chi connectivity index (χ3v) is 9.40. The molecule has 1 unspecified atom stereocenters. The van der Waals surface area contributed by atoms with Crippen molar-refractivity contribution in [3.05, 3.63) is 53.6 Å². The molecule has 4 saturated carbocycles. The van der Waals surface area contributed by atoms with Gasteiger partial charge in [-0.1, -0.05) is 12.1 Å². The first kappa shape index (κ1) is 21.9. The van der Waals surface area contributed by atoms with Crippen LogP contribution in [0.25, 0.3) is 0 Å². The van der Waals surface area contributed by atoms with E-state index in [4.69, 9.17) is 5.26 Å². The highest BCUT2D eigenvalue weighted by molar-refractivity contribution is 5.79. The Kier molecular flexibility index (Phi) is 5.49. The second-order valence-corrected chi connectivity index (χ2v) is 11.6. The zero-order chi connectivity index (χ0) is 23.3. The van der Waals surface area contributed by atoms with Crippen molar-refractivity contribution in [1.82, 2.24) is 19.4 Å². The van der Waals surface area contributed by atoms with Gasteiger partial charge >= 0.3 is 0 Å². The van der Waals surface area contributed by atoms with Gasteiger partial charge in [-0.25, -0.2) is 4.98 Å². The standard InChI is InChI=1S/C28H35N5O/c1-20(28-11-23-8-24(12-28)10-25(9-23)13-28)33-7-6-31(18-27(33)34)17-26-15-30-19-32(26)16-22-4-2-21(14-29)3-5-22/h2-5,15,19-20,23-25H,6-13,16-18H2,1H3. The highest BCUT2D eigenvalue weighted by Gasteiger charge is 2.54. The maximum atomic E-state index is 13.3. The minimum absolute atomic E-state index is 0.299. The van der Waals surface area contributed by atoms with Crippen LogP contribution in [0.2, 0.25) is 0 Å². The monoisotopic (exact) mass is 457 g/mol. The third kappa shape index (κ3) is 3.94. The number of nitriles is 1. The quantitative estimate of drug-likeness (QED) is 0.656. The molecule has 5 fully saturated rings. The van der Waals surface area contributed by atoms with Gasteiger partial charge in [0.2, 0.25) is 5.91 Å². The molecule has 1 amide bonds. The molecule has 4 aliphatic carbocycles. The van der Waals surface area contributed by atoms with E-state index in [1.807, 2.05) is 36.8 Å². The first-order valence-electron chi connectivity index (χ1n) is 13.0. The predicted octanol–water partition coefficient (Wildman–Crippen LogP) is 4.05. The van der Waals surface area contributed by atoms with E-state index in [1.54, 1.807) is 0 Å². The van der Waals surface area contributed by atoms with Gasteiger partial charge in [0.25, 0.3) is 0 Å². The van der Waals surface area contributed by atoms with Crippen molar-refractivity contribution in [3.63, 3.8) is 0 Å². The summed E-state index contributed by atoms with van der Waals surface area (Å²) in [5, 5.41) is 9.01. The largest absolute Gasteiger partial charge is 0.337 e. The Morgan fingerprint density at radius 2 is 1.74 bits per heavy atom. The molecule has 0 spiro atoms. The van der Waals surface area contributed by atoms with Crippen molar-refractivity contribution in [2.45, 2.75) is 64.6 Å². The second kappa shape index (κ2) is 8.53. The van der Waals surface area contributed by atoms with E-state index < -0.39 is 0 Å². The Balaban J connectivity index is 1.09. The van der Waals surface area contributed by atoms with E-state index in [9.17, 15) is 4.79 Å². The molecule has 34 heavy (non-hydrogen) atoms. The number of hydrogen-bond acceptors (Lipinski definition) is 4. The SMILES string of the molecule is CC(N1CCN(Cc2cncn2Cc2ccc(C#N)cc2)CC1=O)C12CC3CC(CC(C3)C1)C2. The number of aromatic nitrogens is 2. The molecule has 1 aromatic heterocycles. The first-order chi connectivity index (χ1) is 16.5. The number of carbonyl (C=O) groups excluding carboxylic acids is 1. The maximum absolute atomic E-state index is 13.3. The van der Waals surface area contributed by atoms with E-state index in [2.05, 4.69) is 32.3 Å². The summed E-state index contributed by atoms with van der Waals surface area (Å²) < 4.78 is 2.15. The summed E-state index contributed by atoms with van der Waals surface area (Å²) >= 11 is 0. The van der Waals surface area contributed by atoms with Crippen LogP contribution < -0.4 is 0 Å². The smallest absolute Gasteiger partial charge is 0.237 e. The number of amides is 1. The van der Waals surface area contributed by atoms with Crippen LogP contribution in [0.3, 0.4) is 0 Å². The van der Waals surface area contributed by atoms with Crippen molar-refractivity contribution in [2.75, 3.05) is 19.6 Å². The number of piperazine rings is 1. The van der Waals surface area contributed by atoms with Gasteiger partial charge in [-0.05, 0) is 86.3 Å². The van der Waals surface area contributed by atoms with E-state index in [1.165, 1.54) is 38.5 Å². The molecule has 0 N–H and O–H groups in total. The summed E-state index contributed by atoms with van der Waals surface area (Å²) in [6.07, 6.45) is 12.2. The molecule has 1 saturated heterocycles. The molecule has 7 rings (SSSR count). The fourth-order valence-electron chi connectivity index (χ4n) is 8.03. The van der Waals surface area contributed by atoms with Gasteiger partial charge in [0.1, 0.15) is 0 Å². The van der Waals surface area contributed by atoms with Gasteiger partial charge in [0, 0.05) is 38.4 Å². The molecule has 1 atom stereocenters. The maximum Gasteiger partial charge on any atom is 0.237 e. The molecule has 2 aromatic rings. The van der Waals surface area contributed by atoms with Crippen molar-refractivity contribution in [2.24, 2.45) is 23.2 Å². The third-order valence-electron chi connectivity index (χ3n) is 9.40. The molecular formula is C28H35N5O. The Bertz CT molecular complexity index is 1060. The van der Waals surface area contributed by atoms with Gasteiger partial charge in [0.15, 0.2) is 0 Å². The van der Waals surface area contributed by atoms with Crippen LogP contribution in [0.15, 0.2) is 36.8 Å². The lowest BCUT2D eigenvalue weighted by atomic mass is 9.47. The highest BCUT2D eigenvalue weighted by Crippen LogP contribution is 2.62. The number of benzene rings is 1. The van der Waals surface area contributed by atoms with Crippen LogP contribution in [0, 0.1) is 34.5 Å². The van der Waals surface area contributed by atoms with Crippen molar-refractivity contribution >= 4 is 5.91 Å². The molecule has 1 aliphatic heterocycles. The van der Waals surface area contributed by atoms with Crippen molar-refractivity contribution in [3.8, 4) is 6.07 Å². The number of imidazole rings is 1. The molecule has 2 heterocycles. The lowest BCUT2D eigenvalue weighted by Crippen LogP contribution is -2.61. The normalized spacial score (nSPS) is 31.6. The molecule has 6 nitrogen and oxygen atoms in total. The number of nitrogens with zero attached hydrogens (tertiary/aromatic N) is 5. The zero-order valence-corrected chi connectivity index (χ0v) is 20.2. The minimum Gasteiger partial charge on any atom is -0.337 e. The van der Waals surface area contributed by atoms with Crippen LogP contribution in [0.5, 0.6) is 0 Å². The number of hydrogen-bond donors (Lipinski definition) is 0. The van der Waals surface area contributed by atoms with Crippen LogP contribution in [-0.4, -0.2) is 50.9 Å². The molecule has 0 radical (unpaired) electrons. The molecule has 4 bridgehead atoms. The van der Waals surface area contributed by atoms with Crippen LogP contribution in [-0.2, 0) is 17.9 Å². The zero-order valence-electron chi connectivity index (χ0n) is 20.2. The molecular weight excluding hydrogens is 422 g/mol. The van der Waals surface area contributed by atoms with E-state index in [0.29, 0.717) is 29.5 Å². The lowest BCUT2D eigenvalue weighted by Gasteiger charge is -2.60. The average Bonchev–Trinajstić information content (AvgIpc) is 3.25. The van der Waals surface area contributed by atoms with Gasteiger partial charge in [0.05, 0.1) is 30.2 Å². The van der Waals surface area contributed by atoms with Crippen LogP contribution >= 0.6 is 0 Å². The lowest BCUT2D eigenvalue weighted by molar-refractivity contribution is -0.150. The molecule has 6 heteroatoms. The summed E-state index contributed by atoms with van der Waals surface area (Å²) in [6, 6.07) is 10.2. The summed E-state index contributed by atoms with van der Waals surface area (Å²) in [7, 11) is 0. The van der Waals surface area contributed by atoms with Crippen LogP contribution in [0.4, 0.5) is 0 Å². The second-order valence-electron chi connectivity index (χ2n) is 11.6. The highest BCUT2D eigenvalue weighted by atomic mass is 16.2. The summed E-state index contributed by atoms with van der Waals surface area (Å²) in [6.45, 7) is 6.07. The van der Waals surface area contributed by atoms with E-state index >= 15 is 0 Å². The van der Waals surface area contributed by atoms with Gasteiger partial charge < -0.3 is 9.47 Å². The predicted molar refractivity (Wildman–Crippen MR) is 130 cm³/mol. The Morgan fingerprint density at radius 3 is 2.35 bits per heavy atom. The van der Waals surface area contributed by atoms with Gasteiger partial charge in [-0.2, -0.15) is 5.26 Å². The summed E-state index contributed by atoms with van der Waals surface area (Å²) in [4.78, 5) is 22.2. The minimum atomic E-state index is 0.299. The fraction of sp³-hybridized carbons (Fsp3) is 0.607. The topological polar surface area (TPSA) is 65.2 Å². The van der Waals surface area contributed by atoms with E-state index in [-0.39, 0.29) is 0 Å². The molecule has 178 valence electrons. The van der Waals surface area contributed by atoms with Crippen molar-refractivity contribution < 1.29 is 4.79 Å². The molecule has 5 aliphatic rings. The fourth-order valence-corrected chi connectivity index (χ4v) is 8.03. The Hall–Kier alpha value is -2.65. The van der Waals surface area contributed by atoms with Gasteiger partial charge in [-0.3, -0.25) is 9.69 Å². The average molecular weight is 458 g/mol. The number of carbonyl (C=O) groups is 1. The number of rotatable bonds is 6. The summed E-state index contributed by atoms with van der Waals surface area (Å²) in [5.41, 5.74) is 3.32. The van der Waals surface area contributed by atoms with Crippen LogP contribution in [0.1, 0.15) is 62.3 Å². The van der Waals surface area contributed by atoms with Crippen molar-refractivity contribution in [1.29, 1.82) is 5.26 Å². The first-order valence-corrected chi connectivity index (χ1v) is 13.0.